The zero-order valence-corrected chi connectivity index (χ0v) is 26.9. The van der Waals surface area contributed by atoms with Crippen LogP contribution < -0.4 is 25.0 Å². The molecule has 14 heteroatoms. The molecule has 0 bridgehead atoms. The lowest BCUT2D eigenvalue weighted by Gasteiger charge is -2.29. The monoisotopic (exact) mass is 647 g/mol. The van der Waals surface area contributed by atoms with Gasteiger partial charge in [-0.2, -0.15) is 18.2 Å². The van der Waals surface area contributed by atoms with Gasteiger partial charge < -0.3 is 25.6 Å². The van der Waals surface area contributed by atoms with Gasteiger partial charge in [0.25, 0.3) is 5.91 Å². The lowest BCUT2D eigenvalue weighted by atomic mass is 10.0. The van der Waals surface area contributed by atoms with E-state index in [9.17, 15) is 22.2 Å². The van der Waals surface area contributed by atoms with E-state index in [0.29, 0.717) is 34.4 Å². The number of carbonyl (C=O) groups excluding carboxylic acids is 1. The number of nitrogens with zero attached hydrogens (tertiary/aromatic N) is 4. The first kappa shape index (κ1) is 35.3. The van der Waals surface area contributed by atoms with Gasteiger partial charge in [0.1, 0.15) is 28.1 Å². The van der Waals surface area contributed by atoms with Gasteiger partial charge in [-0.05, 0) is 75.3 Å². The van der Waals surface area contributed by atoms with E-state index in [1.54, 1.807) is 35.6 Å². The molecule has 2 aromatic carbocycles. The van der Waals surface area contributed by atoms with Crippen molar-refractivity contribution in [2.45, 2.75) is 38.5 Å². The Balaban J connectivity index is 0.00000271. The smallest absolute Gasteiger partial charge is 0.421 e. The number of methoxy groups -OCH3 is 1. The maximum absolute atomic E-state index is 13.9. The number of hydrogen-bond donors (Lipinski definition) is 3. The Bertz CT molecular complexity index is 1500. The molecule has 3 N–H and O–H groups in total. The third-order valence-corrected chi connectivity index (χ3v) is 8.24. The number of benzene rings is 2. The molecule has 244 valence electrons. The van der Waals surface area contributed by atoms with Crippen LogP contribution in [0, 0.1) is 6.92 Å². The second kappa shape index (κ2) is 15.7. The summed E-state index contributed by atoms with van der Waals surface area (Å²) >= 11 is 0. The Morgan fingerprint density at radius 3 is 2.49 bits per heavy atom. The number of halogens is 3. The van der Waals surface area contributed by atoms with Gasteiger partial charge in [0.2, 0.25) is 5.95 Å². The molecule has 0 saturated carbocycles. The first-order valence-corrected chi connectivity index (χ1v) is 15.7. The molecule has 1 fully saturated rings. The normalized spacial score (nSPS) is 14.5. The number of hydrogen-bond acceptors (Lipinski definition) is 8. The largest absolute Gasteiger partial charge is 0.495 e. The first-order chi connectivity index (χ1) is 21.3. The van der Waals surface area contributed by atoms with E-state index in [4.69, 9.17) is 4.74 Å². The summed E-state index contributed by atoms with van der Waals surface area (Å²) in [5.41, 5.74) is 1.91. The van der Waals surface area contributed by atoms with Crippen molar-refractivity contribution in [2.24, 2.45) is 0 Å². The summed E-state index contributed by atoms with van der Waals surface area (Å²) in [5.74, 6) is -0.461. The van der Waals surface area contributed by atoms with E-state index in [-0.39, 0.29) is 24.4 Å². The molecule has 0 aliphatic carbocycles. The van der Waals surface area contributed by atoms with Gasteiger partial charge in [-0.25, -0.2) is 9.19 Å². The zero-order valence-electron chi connectivity index (χ0n) is 26.1. The number of ether oxygens (including phenoxy) is 1. The third kappa shape index (κ3) is 9.41. The van der Waals surface area contributed by atoms with Crippen LogP contribution in [0.3, 0.4) is 0 Å². The van der Waals surface area contributed by atoms with Gasteiger partial charge >= 0.3 is 6.18 Å². The van der Waals surface area contributed by atoms with Crippen molar-refractivity contribution >= 4 is 40.0 Å². The fourth-order valence-electron chi connectivity index (χ4n) is 4.70. The van der Waals surface area contributed by atoms with Crippen molar-refractivity contribution in [1.82, 2.24) is 20.2 Å². The van der Waals surface area contributed by atoms with Crippen LogP contribution in [-0.2, 0) is 23.7 Å². The van der Waals surface area contributed by atoms with Crippen molar-refractivity contribution < 1.29 is 26.9 Å². The van der Waals surface area contributed by atoms with Gasteiger partial charge in [0.15, 0.2) is 0 Å². The first-order valence-electron chi connectivity index (χ1n) is 14.1. The lowest BCUT2D eigenvalue weighted by Crippen LogP contribution is -2.43. The Morgan fingerprint density at radius 1 is 1.18 bits per heavy atom. The van der Waals surface area contributed by atoms with Crippen molar-refractivity contribution in [3.63, 3.8) is 0 Å². The van der Waals surface area contributed by atoms with Gasteiger partial charge in [-0.15, -0.1) is 13.2 Å². The fraction of sp³-hybridized carbons (Fsp3) is 0.387. The van der Waals surface area contributed by atoms with Crippen molar-refractivity contribution in [3.8, 4) is 5.75 Å². The lowest BCUT2D eigenvalue weighted by molar-refractivity contribution is -0.137. The number of aryl methyl sites for hydroxylation is 1. The van der Waals surface area contributed by atoms with E-state index < -0.39 is 28.5 Å². The number of aromatic nitrogens is 2. The average Bonchev–Trinajstić information content (AvgIpc) is 3.01. The minimum absolute atomic E-state index is 0.0128. The molecule has 1 aliphatic heterocycles. The quantitative estimate of drug-likeness (QED) is 0.247. The van der Waals surface area contributed by atoms with Crippen LogP contribution in [0.25, 0.3) is 0 Å². The maximum Gasteiger partial charge on any atom is 0.421 e. The minimum Gasteiger partial charge on any atom is -0.495 e. The Hall–Kier alpha value is -4.17. The van der Waals surface area contributed by atoms with Crippen LogP contribution in [-0.4, -0.2) is 71.6 Å². The van der Waals surface area contributed by atoms with E-state index in [1.807, 2.05) is 26.1 Å². The highest BCUT2D eigenvalue weighted by molar-refractivity contribution is 7.85. The highest BCUT2D eigenvalue weighted by Crippen LogP contribution is 2.35. The molecule has 3 aromatic rings. The summed E-state index contributed by atoms with van der Waals surface area (Å²) < 4.78 is 60.7. The topological polar surface area (TPSA) is 112 Å². The van der Waals surface area contributed by atoms with E-state index >= 15 is 0 Å². The SMILES string of the molecule is C=C.COc1cc(C(=O)NC2CCN(C)CC2)ccc1Nc1ncc(C(F)(F)F)c(NCc2ccc(C)cc2N(C)S(C)=O)n1. The fourth-order valence-corrected chi connectivity index (χ4v) is 5.14. The number of nitrogens with one attached hydrogen (secondary N) is 3. The Kier molecular flexibility index (Phi) is 12.3. The van der Waals surface area contributed by atoms with Crippen LogP contribution in [0.1, 0.15) is 39.9 Å². The molecule has 1 atom stereocenters. The number of anilines is 4. The second-order valence-corrected chi connectivity index (χ2v) is 11.8. The van der Waals surface area contributed by atoms with Gasteiger partial charge in [0.05, 0.1) is 18.5 Å². The number of rotatable bonds is 10. The van der Waals surface area contributed by atoms with Crippen LogP contribution >= 0.6 is 0 Å². The average molecular weight is 648 g/mol. The molecule has 0 radical (unpaired) electrons. The summed E-state index contributed by atoms with van der Waals surface area (Å²) in [6.07, 6.45) is -0.760. The van der Waals surface area contributed by atoms with E-state index in [2.05, 4.69) is 44.0 Å². The summed E-state index contributed by atoms with van der Waals surface area (Å²) in [6.45, 7) is 9.68. The van der Waals surface area contributed by atoms with Crippen LogP contribution in [0.4, 0.5) is 36.3 Å². The zero-order chi connectivity index (χ0) is 33.3. The second-order valence-electron chi connectivity index (χ2n) is 10.5. The predicted molar refractivity (Wildman–Crippen MR) is 174 cm³/mol. The number of carbonyl (C=O) groups is 1. The minimum atomic E-state index is -4.71. The predicted octanol–water partition coefficient (Wildman–Crippen LogP) is 5.52. The van der Waals surface area contributed by atoms with Crippen molar-refractivity contribution in [3.05, 3.63) is 78.0 Å². The third-order valence-electron chi connectivity index (χ3n) is 7.27. The highest BCUT2D eigenvalue weighted by atomic mass is 32.2. The van der Waals surface area contributed by atoms with Crippen molar-refractivity contribution in [1.29, 1.82) is 0 Å². The number of amides is 1. The standard InChI is InChI=1S/C29H36F3N7O3S.C2H4/c1-18-6-7-20(24(14-18)39(3)43(5)41)16-33-26-22(29(30,31)32)17-34-28(37-26)36-23-9-8-19(15-25(23)42-4)27(40)35-21-10-12-38(2)13-11-21;1-2/h6-9,14-15,17,21H,10-13,16H2,1-5H3,(H,35,40)(H2,33,34,36,37);1-2H2. The molecule has 2 heterocycles. The molecule has 45 heavy (non-hydrogen) atoms. The molecule has 1 unspecified atom stereocenters. The number of alkyl halides is 3. The summed E-state index contributed by atoms with van der Waals surface area (Å²) in [7, 11) is 3.79. The highest BCUT2D eigenvalue weighted by Gasteiger charge is 2.35. The molecule has 10 nitrogen and oxygen atoms in total. The Labute approximate surface area is 264 Å². The van der Waals surface area contributed by atoms with Gasteiger partial charge in [-0.1, -0.05) is 12.1 Å². The van der Waals surface area contributed by atoms with Gasteiger partial charge in [0, 0.05) is 37.7 Å². The summed E-state index contributed by atoms with van der Waals surface area (Å²) in [4.78, 5) is 23.1. The van der Waals surface area contributed by atoms with Crippen LogP contribution in [0.5, 0.6) is 5.75 Å². The molecule has 1 aliphatic rings. The molecule has 1 amide bonds. The number of piperidine rings is 1. The van der Waals surface area contributed by atoms with Crippen LogP contribution in [0.15, 0.2) is 55.8 Å². The molecule has 1 aromatic heterocycles. The molecular formula is C31H40F3N7O3S. The molecule has 1 saturated heterocycles. The summed E-state index contributed by atoms with van der Waals surface area (Å²) in [6, 6.07) is 10.3. The Morgan fingerprint density at radius 2 is 1.87 bits per heavy atom. The van der Waals surface area contributed by atoms with Crippen molar-refractivity contribution in [2.75, 3.05) is 55.5 Å². The maximum atomic E-state index is 13.9. The van der Waals surface area contributed by atoms with E-state index in [0.717, 1.165) is 31.5 Å². The molecule has 0 spiro atoms. The van der Waals surface area contributed by atoms with E-state index in [1.165, 1.54) is 13.4 Å². The molecular weight excluding hydrogens is 607 g/mol. The van der Waals surface area contributed by atoms with Gasteiger partial charge in [-0.3, -0.25) is 9.10 Å². The molecule has 4 rings (SSSR count). The van der Waals surface area contributed by atoms with Crippen LogP contribution in [0.2, 0.25) is 0 Å². The summed E-state index contributed by atoms with van der Waals surface area (Å²) in [5, 5.41) is 8.74. The number of likely N-dealkylation sites (tertiary alicyclic amines) is 1.